The number of aryl methyl sites for hydroxylation is 2. The van der Waals surface area contributed by atoms with Crippen LogP contribution >= 0.6 is 0 Å². The van der Waals surface area contributed by atoms with Crippen LogP contribution in [0.5, 0.6) is 11.5 Å². The molecule has 138 valence electrons. The lowest BCUT2D eigenvalue weighted by molar-refractivity contribution is 0.276. The maximum Gasteiger partial charge on any atom is 0.128 e. The molecule has 1 aromatic carbocycles. The Morgan fingerprint density at radius 2 is 2.04 bits per heavy atom. The maximum atomic E-state index is 10.4. The van der Waals surface area contributed by atoms with Crippen molar-refractivity contribution in [2.75, 3.05) is 13.2 Å². The van der Waals surface area contributed by atoms with E-state index < -0.39 is 0 Å². The number of nitrogens with two attached hydrogens (primary N) is 1. The van der Waals surface area contributed by atoms with Crippen LogP contribution in [-0.2, 0) is 13.5 Å². The summed E-state index contributed by atoms with van der Waals surface area (Å²) in [4.78, 5) is 0. The monoisotopic (exact) mass is 345 g/mol. The number of unbranched alkanes of at least 4 members (excludes halogenated alkanes) is 1. The van der Waals surface area contributed by atoms with Gasteiger partial charge in [-0.2, -0.15) is 5.10 Å². The van der Waals surface area contributed by atoms with Gasteiger partial charge in [0.05, 0.1) is 12.3 Å². The first-order valence-electron chi connectivity index (χ1n) is 9.05. The fourth-order valence-electron chi connectivity index (χ4n) is 2.78. The molecule has 3 N–H and O–H groups in total. The molecule has 0 fully saturated rings. The molecule has 5 nitrogen and oxygen atoms in total. The van der Waals surface area contributed by atoms with Crippen LogP contribution < -0.4 is 10.5 Å². The third-order valence-electron chi connectivity index (χ3n) is 4.61. The van der Waals surface area contributed by atoms with E-state index >= 15 is 0 Å². The van der Waals surface area contributed by atoms with Crippen molar-refractivity contribution in [2.45, 2.75) is 46.5 Å². The minimum absolute atomic E-state index is 0.192. The Labute approximate surface area is 150 Å². The lowest BCUT2D eigenvalue weighted by Gasteiger charge is -2.22. The number of rotatable bonds is 9. The van der Waals surface area contributed by atoms with Gasteiger partial charge >= 0.3 is 0 Å². The molecule has 25 heavy (non-hydrogen) atoms. The van der Waals surface area contributed by atoms with Crippen LogP contribution in [-0.4, -0.2) is 28.0 Å². The van der Waals surface area contributed by atoms with E-state index in [1.54, 1.807) is 10.7 Å². The summed E-state index contributed by atoms with van der Waals surface area (Å²) in [5.41, 5.74) is 8.55. The lowest BCUT2D eigenvalue weighted by Crippen LogP contribution is -2.23. The van der Waals surface area contributed by atoms with Crippen molar-refractivity contribution >= 4 is 0 Å². The smallest absolute Gasteiger partial charge is 0.128 e. The van der Waals surface area contributed by atoms with E-state index in [2.05, 4.69) is 25.9 Å². The second-order valence-corrected chi connectivity index (χ2v) is 7.38. The molecular formula is C20H31N3O2. The summed E-state index contributed by atoms with van der Waals surface area (Å²) in [6.45, 7) is 7.83. The van der Waals surface area contributed by atoms with Crippen LogP contribution in [0.2, 0.25) is 0 Å². The highest BCUT2D eigenvalue weighted by Gasteiger charge is 2.15. The number of phenols is 1. The molecule has 1 heterocycles. The van der Waals surface area contributed by atoms with Crippen molar-refractivity contribution in [1.29, 1.82) is 0 Å². The van der Waals surface area contributed by atoms with Crippen molar-refractivity contribution in [2.24, 2.45) is 18.2 Å². The van der Waals surface area contributed by atoms with Gasteiger partial charge in [-0.25, -0.2) is 0 Å². The zero-order valence-electron chi connectivity index (χ0n) is 15.9. The third kappa shape index (κ3) is 5.23. The molecule has 1 aromatic heterocycles. The zero-order chi connectivity index (χ0) is 18.4. The number of phenolic OH excluding ortho intramolecular Hbond substituents is 1. The molecule has 0 saturated carbocycles. The highest BCUT2D eigenvalue weighted by atomic mass is 16.5. The van der Waals surface area contributed by atoms with Crippen LogP contribution in [0.3, 0.4) is 0 Å². The first kappa shape index (κ1) is 19.3. The van der Waals surface area contributed by atoms with Gasteiger partial charge in [0.2, 0.25) is 0 Å². The average molecular weight is 345 g/mol. The van der Waals surface area contributed by atoms with Gasteiger partial charge in [-0.05, 0) is 55.3 Å². The van der Waals surface area contributed by atoms with E-state index in [4.69, 9.17) is 10.5 Å². The summed E-state index contributed by atoms with van der Waals surface area (Å²) < 4.78 is 7.67. The molecule has 0 bridgehead atoms. The molecule has 0 spiro atoms. The van der Waals surface area contributed by atoms with E-state index in [9.17, 15) is 5.11 Å². The van der Waals surface area contributed by atoms with Crippen molar-refractivity contribution in [3.05, 3.63) is 30.0 Å². The molecule has 0 unspecified atom stereocenters. The molecule has 0 atom stereocenters. The number of aromatic hydroxyl groups is 1. The number of benzene rings is 1. The summed E-state index contributed by atoms with van der Waals surface area (Å²) in [7, 11) is 1.87. The normalized spacial score (nSPS) is 11.7. The third-order valence-corrected chi connectivity index (χ3v) is 4.61. The zero-order valence-corrected chi connectivity index (χ0v) is 15.9. The van der Waals surface area contributed by atoms with Gasteiger partial charge in [-0.1, -0.05) is 20.8 Å². The largest absolute Gasteiger partial charge is 0.507 e. The van der Waals surface area contributed by atoms with Crippen LogP contribution in [0.15, 0.2) is 24.4 Å². The van der Waals surface area contributed by atoms with Crippen molar-refractivity contribution in [3.8, 4) is 22.8 Å². The van der Waals surface area contributed by atoms with E-state index in [0.29, 0.717) is 13.2 Å². The number of ether oxygens (including phenoxy) is 1. The number of hydrogen-bond acceptors (Lipinski definition) is 4. The van der Waals surface area contributed by atoms with Gasteiger partial charge in [0.1, 0.15) is 11.5 Å². The Morgan fingerprint density at radius 3 is 2.64 bits per heavy atom. The second kappa shape index (κ2) is 8.39. The molecular weight excluding hydrogens is 314 g/mol. The van der Waals surface area contributed by atoms with E-state index in [1.165, 1.54) is 0 Å². The Morgan fingerprint density at radius 1 is 1.28 bits per heavy atom. The fourth-order valence-corrected chi connectivity index (χ4v) is 2.78. The molecule has 2 aromatic rings. The maximum absolute atomic E-state index is 10.4. The standard InChI is InChI=1S/C20H31N3O2/c1-5-15-12-16(17-8-10-23(4)22-17)18(24)13-19(15)25-11-7-6-9-20(2,3)14-21/h8,10,12-13,24H,5-7,9,11,14,21H2,1-4H3. The molecule has 0 aliphatic carbocycles. The summed E-state index contributed by atoms with van der Waals surface area (Å²) in [5, 5.41) is 14.7. The topological polar surface area (TPSA) is 73.3 Å². The van der Waals surface area contributed by atoms with Crippen LogP contribution in [0, 0.1) is 5.41 Å². The SMILES string of the molecule is CCc1cc(-c2ccn(C)n2)c(O)cc1OCCCCC(C)(C)CN. The van der Waals surface area contributed by atoms with Crippen LogP contribution in [0.25, 0.3) is 11.3 Å². The second-order valence-electron chi connectivity index (χ2n) is 7.38. The summed E-state index contributed by atoms with van der Waals surface area (Å²) in [6.07, 6.45) is 5.87. The van der Waals surface area contributed by atoms with E-state index in [-0.39, 0.29) is 11.2 Å². The van der Waals surface area contributed by atoms with E-state index in [0.717, 1.165) is 48.3 Å². The molecule has 2 rings (SSSR count). The first-order chi connectivity index (χ1) is 11.9. The number of nitrogens with zero attached hydrogens (tertiary/aromatic N) is 2. The highest BCUT2D eigenvalue weighted by molar-refractivity contribution is 5.69. The van der Waals surface area contributed by atoms with Gasteiger partial charge in [0, 0.05) is 24.9 Å². The van der Waals surface area contributed by atoms with Gasteiger partial charge in [0.25, 0.3) is 0 Å². The molecule has 0 amide bonds. The molecule has 0 aliphatic rings. The first-order valence-corrected chi connectivity index (χ1v) is 9.05. The van der Waals surface area contributed by atoms with E-state index in [1.807, 2.05) is 25.4 Å². The quantitative estimate of drug-likeness (QED) is 0.676. The Kier molecular flexibility index (Phi) is 6.48. The Balaban J connectivity index is 2.00. The summed E-state index contributed by atoms with van der Waals surface area (Å²) >= 11 is 0. The van der Waals surface area contributed by atoms with Gasteiger partial charge in [0.15, 0.2) is 0 Å². The van der Waals surface area contributed by atoms with Crippen molar-refractivity contribution in [3.63, 3.8) is 0 Å². The number of aromatic nitrogens is 2. The van der Waals surface area contributed by atoms with Crippen molar-refractivity contribution in [1.82, 2.24) is 9.78 Å². The molecule has 0 saturated heterocycles. The lowest BCUT2D eigenvalue weighted by atomic mass is 9.87. The minimum Gasteiger partial charge on any atom is -0.507 e. The molecule has 5 heteroatoms. The minimum atomic E-state index is 0.192. The van der Waals surface area contributed by atoms with Crippen LogP contribution in [0.4, 0.5) is 0 Å². The summed E-state index contributed by atoms with van der Waals surface area (Å²) in [5.74, 6) is 0.966. The van der Waals surface area contributed by atoms with Gasteiger partial charge in [-0.3, -0.25) is 4.68 Å². The van der Waals surface area contributed by atoms with Gasteiger partial charge in [-0.15, -0.1) is 0 Å². The Hall–Kier alpha value is -2.01. The fraction of sp³-hybridized carbons (Fsp3) is 0.550. The molecule has 0 radical (unpaired) electrons. The Bertz CT molecular complexity index is 692. The van der Waals surface area contributed by atoms with Crippen molar-refractivity contribution < 1.29 is 9.84 Å². The molecule has 0 aliphatic heterocycles. The van der Waals surface area contributed by atoms with Crippen LogP contribution in [0.1, 0.15) is 45.6 Å². The summed E-state index contributed by atoms with van der Waals surface area (Å²) in [6, 6.07) is 5.59. The average Bonchev–Trinajstić information content (AvgIpc) is 3.00. The predicted molar refractivity (Wildman–Crippen MR) is 102 cm³/mol. The predicted octanol–water partition coefficient (Wildman–Crippen LogP) is 3.89. The van der Waals surface area contributed by atoms with Gasteiger partial charge < -0.3 is 15.6 Å². The highest BCUT2D eigenvalue weighted by Crippen LogP contribution is 2.35. The number of hydrogen-bond donors (Lipinski definition) is 2.